The first-order valence-electron chi connectivity index (χ1n) is 6.82. The van der Waals surface area contributed by atoms with Crippen molar-refractivity contribution < 1.29 is 21.8 Å². The number of carbonyl (C=O) groups excluding carboxylic acids is 1. The number of nitrogens with one attached hydrogen (secondary N) is 1. The number of hydrogen-bond acceptors (Lipinski definition) is 4. The molecular formula is C15H13FN2O4S. The predicted molar refractivity (Wildman–Crippen MR) is 81.4 cm³/mol. The highest BCUT2D eigenvalue weighted by Gasteiger charge is 2.23. The van der Waals surface area contributed by atoms with E-state index >= 15 is 0 Å². The van der Waals surface area contributed by atoms with Crippen LogP contribution in [0.15, 0.2) is 53.4 Å². The molecule has 0 radical (unpaired) electrons. The first-order valence-corrected chi connectivity index (χ1v) is 8.23. The van der Waals surface area contributed by atoms with Crippen LogP contribution in [0.25, 0.3) is 0 Å². The minimum absolute atomic E-state index is 0.121. The van der Waals surface area contributed by atoms with Crippen molar-refractivity contribution in [2.24, 2.45) is 0 Å². The maximum Gasteiger partial charge on any atom is 0.339 e. The Morgan fingerprint density at radius 3 is 2.39 bits per heavy atom. The van der Waals surface area contributed by atoms with Gasteiger partial charge in [0, 0.05) is 18.8 Å². The Bertz CT molecular complexity index is 837. The Hall–Kier alpha value is -2.61. The Labute approximate surface area is 132 Å². The summed E-state index contributed by atoms with van der Waals surface area (Å²) in [5, 5.41) is 2.65. The second-order valence-corrected chi connectivity index (χ2v) is 6.39. The number of rotatable bonds is 4. The van der Waals surface area contributed by atoms with E-state index in [2.05, 4.69) is 5.32 Å². The average Bonchev–Trinajstić information content (AvgIpc) is 2.96. The van der Waals surface area contributed by atoms with Gasteiger partial charge in [-0.15, -0.1) is 0 Å². The third kappa shape index (κ3) is 3.11. The largest absolute Gasteiger partial charge is 0.376 e. The van der Waals surface area contributed by atoms with Gasteiger partial charge < -0.3 is 9.50 Å². The molecule has 0 saturated carbocycles. The van der Waals surface area contributed by atoms with Crippen molar-refractivity contribution in [2.75, 3.05) is 18.0 Å². The number of halogens is 1. The average molecular weight is 336 g/mol. The van der Waals surface area contributed by atoms with Gasteiger partial charge in [0.2, 0.25) is 0 Å². The molecule has 2 aromatic rings. The molecule has 0 atom stereocenters. The zero-order valence-corrected chi connectivity index (χ0v) is 12.7. The summed E-state index contributed by atoms with van der Waals surface area (Å²) in [6.07, 6.45) is 0. The van der Waals surface area contributed by atoms with E-state index in [0.29, 0.717) is 18.8 Å². The van der Waals surface area contributed by atoms with Crippen molar-refractivity contribution in [1.29, 1.82) is 0 Å². The Morgan fingerprint density at radius 1 is 1.09 bits per heavy atom. The van der Waals surface area contributed by atoms with Crippen LogP contribution in [0.2, 0.25) is 0 Å². The van der Waals surface area contributed by atoms with Gasteiger partial charge in [-0.05, 0) is 36.4 Å². The number of carbonyl (C=O) groups is 1. The molecule has 2 aromatic carbocycles. The van der Waals surface area contributed by atoms with Crippen LogP contribution in [0, 0.1) is 5.82 Å². The summed E-state index contributed by atoms with van der Waals surface area (Å²) in [6.45, 7) is 1.05. The van der Waals surface area contributed by atoms with Crippen LogP contribution in [0.5, 0.6) is 5.75 Å². The van der Waals surface area contributed by atoms with Crippen LogP contribution in [0.4, 0.5) is 14.9 Å². The van der Waals surface area contributed by atoms with E-state index in [1.54, 1.807) is 0 Å². The van der Waals surface area contributed by atoms with Gasteiger partial charge in [0.25, 0.3) is 0 Å². The molecule has 1 aliphatic rings. The minimum atomic E-state index is -4.15. The number of benzene rings is 2. The van der Waals surface area contributed by atoms with Crippen LogP contribution in [0.1, 0.15) is 0 Å². The zero-order chi connectivity index (χ0) is 16.4. The maximum atomic E-state index is 13.5. The van der Waals surface area contributed by atoms with E-state index in [9.17, 15) is 17.6 Å². The van der Waals surface area contributed by atoms with E-state index in [1.807, 2.05) is 0 Å². The fourth-order valence-corrected chi connectivity index (χ4v) is 3.13. The molecule has 1 aliphatic heterocycles. The smallest absolute Gasteiger partial charge is 0.339 e. The second kappa shape index (κ2) is 5.88. The third-order valence-electron chi connectivity index (χ3n) is 3.33. The summed E-state index contributed by atoms with van der Waals surface area (Å²) in [4.78, 5) is 12.9. The molecular weight excluding hydrogens is 323 g/mol. The number of para-hydroxylation sites is 1. The summed E-state index contributed by atoms with van der Waals surface area (Å²) in [5.74, 6) is -1.13. The zero-order valence-electron chi connectivity index (χ0n) is 11.9. The van der Waals surface area contributed by atoms with Crippen molar-refractivity contribution >= 4 is 21.8 Å². The normalized spacial score (nSPS) is 14.7. The molecule has 120 valence electrons. The van der Waals surface area contributed by atoms with Crippen molar-refractivity contribution in [3.8, 4) is 5.75 Å². The van der Waals surface area contributed by atoms with Crippen molar-refractivity contribution in [2.45, 2.75) is 4.90 Å². The molecule has 1 fully saturated rings. The first-order chi connectivity index (χ1) is 11.0. The second-order valence-electron chi connectivity index (χ2n) is 4.85. The Balaban J connectivity index is 1.83. The van der Waals surface area contributed by atoms with Crippen molar-refractivity contribution in [1.82, 2.24) is 5.32 Å². The van der Waals surface area contributed by atoms with Crippen LogP contribution < -0.4 is 14.4 Å². The lowest BCUT2D eigenvalue weighted by Gasteiger charge is -2.14. The summed E-state index contributed by atoms with van der Waals surface area (Å²) >= 11 is 0. The van der Waals surface area contributed by atoms with Crippen molar-refractivity contribution in [3.63, 3.8) is 0 Å². The highest BCUT2D eigenvalue weighted by atomic mass is 32.2. The summed E-state index contributed by atoms with van der Waals surface area (Å²) in [7, 11) is -4.15. The number of urea groups is 1. The highest BCUT2D eigenvalue weighted by molar-refractivity contribution is 7.87. The molecule has 0 unspecified atom stereocenters. The lowest BCUT2D eigenvalue weighted by molar-refractivity contribution is 0.252. The molecule has 8 heteroatoms. The van der Waals surface area contributed by atoms with E-state index in [4.69, 9.17) is 4.18 Å². The fourth-order valence-electron chi connectivity index (χ4n) is 2.19. The molecule has 6 nitrogen and oxygen atoms in total. The SMILES string of the molecule is O=C1NCCN1c1ccc(S(=O)(=O)Oc2ccccc2F)cc1. The standard InChI is InChI=1S/C15H13FN2O4S/c16-13-3-1-2-4-14(13)22-23(20,21)12-7-5-11(6-8-12)18-10-9-17-15(18)19/h1-8H,9-10H2,(H,17,19). The quantitative estimate of drug-likeness (QED) is 0.868. The van der Waals surface area contributed by atoms with E-state index in [-0.39, 0.29) is 16.7 Å². The van der Waals surface area contributed by atoms with E-state index in [0.717, 1.165) is 6.07 Å². The number of anilines is 1. The molecule has 0 spiro atoms. The maximum absolute atomic E-state index is 13.5. The van der Waals surface area contributed by atoms with Crippen molar-refractivity contribution in [3.05, 3.63) is 54.3 Å². The van der Waals surface area contributed by atoms with Crippen LogP contribution in [-0.4, -0.2) is 27.5 Å². The molecule has 1 saturated heterocycles. The Kier molecular flexibility index (Phi) is 3.91. The topological polar surface area (TPSA) is 75.7 Å². The number of hydrogen-bond donors (Lipinski definition) is 1. The van der Waals surface area contributed by atoms with Crippen LogP contribution >= 0.6 is 0 Å². The lowest BCUT2D eigenvalue weighted by atomic mass is 10.3. The van der Waals surface area contributed by atoms with Gasteiger partial charge in [-0.3, -0.25) is 4.90 Å². The molecule has 0 aromatic heterocycles. The molecule has 0 bridgehead atoms. The third-order valence-corrected chi connectivity index (χ3v) is 4.58. The van der Waals surface area contributed by atoms with Gasteiger partial charge in [0.05, 0.1) is 0 Å². The molecule has 1 N–H and O–H groups in total. The molecule has 3 rings (SSSR count). The van der Waals surface area contributed by atoms with Crippen LogP contribution in [0.3, 0.4) is 0 Å². The highest BCUT2D eigenvalue weighted by Crippen LogP contribution is 2.24. The molecule has 2 amide bonds. The monoisotopic (exact) mass is 336 g/mol. The van der Waals surface area contributed by atoms with Gasteiger partial charge in [-0.1, -0.05) is 12.1 Å². The minimum Gasteiger partial charge on any atom is -0.376 e. The molecule has 0 aliphatic carbocycles. The number of amides is 2. The lowest BCUT2D eigenvalue weighted by Crippen LogP contribution is -2.27. The van der Waals surface area contributed by atoms with Gasteiger partial charge in [-0.25, -0.2) is 9.18 Å². The first kappa shape index (κ1) is 15.3. The molecule has 23 heavy (non-hydrogen) atoms. The summed E-state index contributed by atoms with van der Waals surface area (Å²) < 4.78 is 42.7. The summed E-state index contributed by atoms with van der Waals surface area (Å²) in [5.41, 5.74) is 0.574. The van der Waals surface area contributed by atoms with Gasteiger partial charge in [0.15, 0.2) is 11.6 Å². The fraction of sp³-hybridized carbons (Fsp3) is 0.133. The van der Waals surface area contributed by atoms with Crippen LogP contribution in [-0.2, 0) is 10.1 Å². The number of nitrogens with zero attached hydrogens (tertiary/aromatic N) is 1. The predicted octanol–water partition coefficient (Wildman–Crippen LogP) is 2.12. The van der Waals surface area contributed by atoms with Gasteiger partial charge >= 0.3 is 16.1 Å². The Morgan fingerprint density at radius 2 is 1.78 bits per heavy atom. The van der Waals surface area contributed by atoms with Gasteiger partial charge in [0.1, 0.15) is 4.90 Å². The van der Waals surface area contributed by atoms with E-state index in [1.165, 1.54) is 47.4 Å². The molecule has 1 heterocycles. The summed E-state index contributed by atoms with van der Waals surface area (Å²) in [6, 6.07) is 10.7. The van der Waals surface area contributed by atoms with E-state index < -0.39 is 15.9 Å². The van der Waals surface area contributed by atoms with Gasteiger partial charge in [-0.2, -0.15) is 8.42 Å².